The van der Waals surface area contributed by atoms with Crippen molar-refractivity contribution in [2.75, 3.05) is 26.2 Å². The maximum Gasteiger partial charge on any atom is 0.254 e. The second-order valence-corrected chi connectivity index (χ2v) is 8.86. The van der Waals surface area contributed by atoms with Gasteiger partial charge in [0.1, 0.15) is 0 Å². The van der Waals surface area contributed by atoms with Gasteiger partial charge in [0.2, 0.25) is 15.6 Å². The number of rotatable bonds is 4. The van der Waals surface area contributed by atoms with Gasteiger partial charge >= 0.3 is 0 Å². The molecular formula is C22H21N3O4S. The zero-order valence-corrected chi connectivity index (χ0v) is 17.0. The van der Waals surface area contributed by atoms with Crippen LogP contribution < -0.4 is 5.56 Å². The number of carbonyl (C=O) groups is 1. The number of H-pyrrole nitrogens is 1. The minimum Gasteiger partial charge on any atom is -0.336 e. The van der Waals surface area contributed by atoms with Gasteiger partial charge in [-0.3, -0.25) is 9.59 Å². The lowest BCUT2D eigenvalue weighted by Crippen LogP contribution is -2.50. The zero-order valence-electron chi connectivity index (χ0n) is 16.2. The van der Waals surface area contributed by atoms with Crippen LogP contribution in [0.3, 0.4) is 0 Å². The number of amides is 1. The van der Waals surface area contributed by atoms with E-state index in [1.54, 1.807) is 35.2 Å². The summed E-state index contributed by atoms with van der Waals surface area (Å²) in [7, 11) is -3.58. The van der Waals surface area contributed by atoms with Crippen molar-refractivity contribution in [3.8, 4) is 0 Å². The number of nitrogens with one attached hydrogen (secondary N) is 1. The van der Waals surface area contributed by atoms with Crippen LogP contribution in [0.15, 0.2) is 70.9 Å². The predicted octanol–water partition coefficient (Wildman–Crippen LogP) is 2.29. The van der Waals surface area contributed by atoms with Gasteiger partial charge < -0.3 is 9.88 Å². The Morgan fingerprint density at radius 1 is 0.933 bits per heavy atom. The molecule has 0 spiro atoms. The van der Waals surface area contributed by atoms with Crippen LogP contribution >= 0.6 is 0 Å². The summed E-state index contributed by atoms with van der Waals surface area (Å²) in [6.07, 6.45) is 1.56. The average molecular weight is 423 g/mol. The Bertz CT molecular complexity index is 1260. The van der Waals surface area contributed by atoms with Crippen molar-refractivity contribution in [2.24, 2.45) is 0 Å². The summed E-state index contributed by atoms with van der Waals surface area (Å²) >= 11 is 0. The Hall–Kier alpha value is -3.23. The number of carbonyl (C=O) groups excluding carboxylic acids is 1. The molecule has 2 aromatic carbocycles. The molecule has 1 amide bonds. The second-order valence-electron chi connectivity index (χ2n) is 7.04. The number of aromatic amines is 1. The summed E-state index contributed by atoms with van der Waals surface area (Å²) in [6, 6.07) is 17.6. The molecule has 1 aliphatic heterocycles. The standard InChI is InChI=1S/C22H21N3O4S/c26-21-16-19(18-8-4-5-9-20(18)23-21)22(27)24-11-13-25(14-12-24)30(28,29)15-10-17-6-2-1-3-7-17/h1-10,15-16H,11-14H2,(H,23,26). The Morgan fingerprint density at radius 3 is 2.33 bits per heavy atom. The minimum atomic E-state index is -3.58. The molecule has 8 heteroatoms. The SMILES string of the molecule is O=C(c1cc(=O)[nH]c2ccccc12)N1CCN(S(=O)(=O)C=Cc2ccccc2)CC1. The Balaban J connectivity index is 1.48. The molecule has 4 rings (SSSR count). The normalized spacial score (nSPS) is 15.7. The number of aromatic nitrogens is 1. The quantitative estimate of drug-likeness (QED) is 0.697. The number of pyridine rings is 1. The fourth-order valence-corrected chi connectivity index (χ4v) is 4.69. The summed E-state index contributed by atoms with van der Waals surface area (Å²) in [5.41, 5.74) is 1.38. The molecule has 0 saturated carbocycles. The van der Waals surface area contributed by atoms with E-state index >= 15 is 0 Å². The van der Waals surface area contributed by atoms with E-state index in [0.29, 0.717) is 16.5 Å². The fourth-order valence-electron chi connectivity index (χ4n) is 3.51. The van der Waals surface area contributed by atoms with Crippen LogP contribution in [-0.2, 0) is 10.0 Å². The molecule has 7 nitrogen and oxygen atoms in total. The third-order valence-electron chi connectivity index (χ3n) is 5.10. The van der Waals surface area contributed by atoms with Crippen molar-refractivity contribution in [3.63, 3.8) is 0 Å². The largest absolute Gasteiger partial charge is 0.336 e. The van der Waals surface area contributed by atoms with Crippen molar-refractivity contribution in [3.05, 3.63) is 87.6 Å². The maximum atomic E-state index is 13.0. The molecule has 154 valence electrons. The highest BCUT2D eigenvalue weighted by atomic mass is 32.2. The molecule has 0 bridgehead atoms. The number of para-hydroxylation sites is 1. The van der Waals surface area contributed by atoms with E-state index in [-0.39, 0.29) is 37.6 Å². The van der Waals surface area contributed by atoms with Gasteiger partial charge in [-0.25, -0.2) is 8.42 Å². The molecule has 0 radical (unpaired) electrons. The highest BCUT2D eigenvalue weighted by molar-refractivity contribution is 7.92. The van der Waals surface area contributed by atoms with E-state index in [9.17, 15) is 18.0 Å². The van der Waals surface area contributed by atoms with Gasteiger partial charge in [0.15, 0.2) is 0 Å². The molecule has 0 aliphatic carbocycles. The summed E-state index contributed by atoms with van der Waals surface area (Å²) in [5.74, 6) is -0.269. The van der Waals surface area contributed by atoms with Gasteiger partial charge in [-0.15, -0.1) is 0 Å². The van der Waals surface area contributed by atoms with Gasteiger partial charge in [-0.05, 0) is 17.7 Å². The van der Waals surface area contributed by atoms with E-state index in [0.717, 1.165) is 5.56 Å². The Morgan fingerprint density at radius 2 is 1.60 bits per heavy atom. The van der Waals surface area contributed by atoms with Crippen molar-refractivity contribution in [2.45, 2.75) is 0 Å². The lowest BCUT2D eigenvalue weighted by molar-refractivity contribution is 0.0700. The summed E-state index contributed by atoms with van der Waals surface area (Å²) < 4.78 is 26.6. The molecule has 3 aromatic rings. The van der Waals surface area contributed by atoms with Crippen LogP contribution in [-0.4, -0.2) is 54.7 Å². The highest BCUT2D eigenvalue weighted by Crippen LogP contribution is 2.18. The Kier molecular flexibility index (Phi) is 5.52. The molecule has 2 heterocycles. The number of hydrogen-bond donors (Lipinski definition) is 1. The molecular weight excluding hydrogens is 402 g/mol. The van der Waals surface area contributed by atoms with E-state index in [2.05, 4.69) is 4.98 Å². The summed E-state index contributed by atoms with van der Waals surface area (Å²) in [6.45, 7) is 0.930. The first-order valence-electron chi connectivity index (χ1n) is 9.59. The fraction of sp³-hybridized carbons (Fsp3) is 0.182. The van der Waals surface area contributed by atoms with Gasteiger partial charge in [0.05, 0.1) is 5.56 Å². The van der Waals surface area contributed by atoms with Crippen LogP contribution in [0.2, 0.25) is 0 Å². The lowest BCUT2D eigenvalue weighted by atomic mass is 10.1. The average Bonchev–Trinajstić information content (AvgIpc) is 2.77. The van der Waals surface area contributed by atoms with Crippen LogP contribution in [0.4, 0.5) is 0 Å². The third kappa shape index (κ3) is 4.19. The molecule has 1 aliphatic rings. The number of piperazine rings is 1. The Labute approximate surface area is 174 Å². The molecule has 0 atom stereocenters. The maximum absolute atomic E-state index is 13.0. The zero-order chi connectivity index (χ0) is 21.1. The van der Waals surface area contributed by atoms with Crippen molar-refractivity contribution >= 4 is 32.9 Å². The highest BCUT2D eigenvalue weighted by Gasteiger charge is 2.28. The van der Waals surface area contributed by atoms with E-state index in [4.69, 9.17) is 0 Å². The summed E-state index contributed by atoms with van der Waals surface area (Å²) in [5, 5.41) is 1.87. The van der Waals surface area contributed by atoms with E-state index in [1.807, 2.05) is 30.3 Å². The van der Waals surface area contributed by atoms with Crippen LogP contribution in [0.25, 0.3) is 17.0 Å². The molecule has 1 saturated heterocycles. The van der Waals surface area contributed by atoms with Gasteiger partial charge in [-0.2, -0.15) is 4.31 Å². The van der Waals surface area contributed by atoms with Crippen molar-refractivity contribution in [1.82, 2.24) is 14.2 Å². The number of benzene rings is 2. The monoisotopic (exact) mass is 423 g/mol. The van der Waals surface area contributed by atoms with Crippen LogP contribution in [0.1, 0.15) is 15.9 Å². The topological polar surface area (TPSA) is 90.6 Å². The number of fused-ring (bicyclic) bond motifs is 1. The smallest absolute Gasteiger partial charge is 0.254 e. The third-order valence-corrected chi connectivity index (χ3v) is 6.66. The van der Waals surface area contributed by atoms with Gasteiger partial charge in [-0.1, -0.05) is 48.5 Å². The van der Waals surface area contributed by atoms with Crippen molar-refractivity contribution < 1.29 is 13.2 Å². The molecule has 1 fully saturated rings. The van der Waals surface area contributed by atoms with Gasteiger partial charge in [0.25, 0.3) is 5.91 Å². The molecule has 1 N–H and O–H groups in total. The van der Waals surface area contributed by atoms with Crippen LogP contribution in [0.5, 0.6) is 0 Å². The van der Waals surface area contributed by atoms with Crippen LogP contribution in [0, 0.1) is 0 Å². The minimum absolute atomic E-state index is 0.203. The number of nitrogens with zero attached hydrogens (tertiary/aromatic N) is 2. The van der Waals surface area contributed by atoms with E-state index in [1.165, 1.54) is 15.8 Å². The first kappa shape index (κ1) is 20.1. The van der Waals surface area contributed by atoms with Crippen molar-refractivity contribution in [1.29, 1.82) is 0 Å². The van der Waals surface area contributed by atoms with E-state index < -0.39 is 10.0 Å². The second kappa shape index (κ2) is 8.25. The first-order chi connectivity index (χ1) is 14.4. The first-order valence-corrected chi connectivity index (χ1v) is 11.1. The molecule has 1 aromatic heterocycles. The summed E-state index contributed by atoms with van der Waals surface area (Å²) in [4.78, 5) is 29.3. The predicted molar refractivity (Wildman–Crippen MR) is 116 cm³/mol. The number of hydrogen-bond acceptors (Lipinski definition) is 4. The van der Waals surface area contributed by atoms with Gasteiger partial charge in [0, 0.05) is 48.6 Å². The molecule has 30 heavy (non-hydrogen) atoms. The molecule has 0 unspecified atom stereocenters. The lowest BCUT2D eigenvalue weighted by Gasteiger charge is -2.33. The number of sulfonamides is 1.